The first-order valence-electron chi connectivity index (χ1n) is 12.0. The number of urea groups is 1. The maximum absolute atomic E-state index is 13.6. The summed E-state index contributed by atoms with van der Waals surface area (Å²) in [6.45, 7) is 6.32. The van der Waals surface area contributed by atoms with Crippen molar-refractivity contribution in [3.05, 3.63) is 48.3 Å². The van der Waals surface area contributed by atoms with E-state index in [0.717, 1.165) is 28.6 Å². The quantitative estimate of drug-likeness (QED) is 0.417. The fraction of sp³-hybridized carbons (Fsp3) is 0.440. The number of rotatable bonds is 6. The smallest absolute Gasteiger partial charge is 0.427 e. The van der Waals surface area contributed by atoms with E-state index in [1.165, 1.54) is 18.2 Å². The number of alkyl halides is 3. The maximum Gasteiger partial charge on any atom is 0.427 e. The number of hydrogen-bond acceptors (Lipinski definition) is 6. The van der Waals surface area contributed by atoms with Gasteiger partial charge in [0.25, 0.3) is 10.0 Å². The van der Waals surface area contributed by atoms with Crippen LogP contribution in [0.3, 0.4) is 0 Å². The van der Waals surface area contributed by atoms with Crippen molar-refractivity contribution in [3.63, 3.8) is 0 Å². The van der Waals surface area contributed by atoms with Crippen molar-refractivity contribution in [2.24, 2.45) is 0 Å². The zero-order chi connectivity index (χ0) is 30.1. The predicted molar refractivity (Wildman–Crippen MR) is 138 cm³/mol. The number of anilines is 2. The molecule has 2 aromatic carbocycles. The minimum Gasteiger partial charge on any atom is -0.484 e. The Bertz CT molecular complexity index is 1360. The lowest BCUT2D eigenvalue weighted by atomic mass is 10.1. The van der Waals surface area contributed by atoms with Crippen molar-refractivity contribution in [2.75, 3.05) is 22.7 Å². The Morgan fingerprint density at radius 3 is 2.25 bits per heavy atom. The van der Waals surface area contributed by atoms with E-state index in [-0.39, 0.29) is 35.1 Å². The molecule has 3 rings (SSSR count). The second-order valence-electron chi connectivity index (χ2n) is 10.5. The molecule has 10 nitrogen and oxygen atoms in total. The number of hydrogen-bond donors (Lipinski definition) is 3. The first-order valence-corrected chi connectivity index (χ1v) is 13.4. The second kappa shape index (κ2) is 11.0. The molecule has 1 atom stereocenters. The van der Waals surface area contributed by atoms with Crippen LogP contribution in [0.25, 0.3) is 0 Å². The van der Waals surface area contributed by atoms with Crippen LogP contribution in [-0.4, -0.2) is 57.1 Å². The number of nitrogens with zero attached hydrogens (tertiary/aromatic N) is 1. The highest BCUT2D eigenvalue weighted by Crippen LogP contribution is 2.39. The van der Waals surface area contributed by atoms with Crippen LogP contribution in [0.1, 0.15) is 34.6 Å². The summed E-state index contributed by atoms with van der Waals surface area (Å²) < 4.78 is 91.3. The van der Waals surface area contributed by atoms with Crippen LogP contribution in [0.5, 0.6) is 5.75 Å². The Morgan fingerprint density at radius 2 is 1.68 bits per heavy atom. The van der Waals surface area contributed by atoms with Gasteiger partial charge in [-0.2, -0.15) is 13.2 Å². The molecule has 3 N–H and O–H groups in total. The molecule has 0 fully saturated rings. The van der Waals surface area contributed by atoms with Gasteiger partial charge in [0, 0.05) is 11.2 Å². The molecule has 3 amide bonds. The summed E-state index contributed by atoms with van der Waals surface area (Å²) in [6, 6.07) is 7.37. The molecule has 220 valence electrons. The van der Waals surface area contributed by atoms with Crippen LogP contribution in [0.4, 0.5) is 38.5 Å². The minimum atomic E-state index is -4.83. The van der Waals surface area contributed by atoms with E-state index in [1.54, 1.807) is 20.8 Å². The van der Waals surface area contributed by atoms with Gasteiger partial charge in [-0.25, -0.2) is 22.4 Å². The Hall–Kier alpha value is -3.75. The molecular formula is C25H30F4N4O6S. The third-order valence-electron chi connectivity index (χ3n) is 5.55. The molecule has 0 radical (unpaired) electrons. The number of halogens is 4. The van der Waals surface area contributed by atoms with Crippen molar-refractivity contribution in [1.29, 1.82) is 0 Å². The second-order valence-corrected chi connectivity index (χ2v) is 12.4. The standard InChI is InChI=1S/C25H30F4N4O6S/c1-23(2,3)32-21(34)30-13-17-14-33(40(36,37)18-9-6-15(26)7-10-18)19-12-16(8-11-20(19)38-17)31-22(35)39-24(4,5)25(27,28)29/h6-12,17H,13-14H2,1-5H3,(H,31,35)(H2,30,32,34). The normalized spacial score (nSPS) is 15.9. The molecule has 1 heterocycles. The highest BCUT2D eigenvalue weighted by molar-refractivity contribution is 7.92. The van der Waals surface area contributed by atoms with Gasteiger partial charge in [-0.1, -0.05) is 0 Å². The first kappa shape index (κ1) is 30.8. The lowest BCUT2D eigenvalue weighted by Crippen LogP contribution is -2.52. The summed E-state index contributed by atoms with van der Waals surface area (Å²) in [5, 5.41) is 7.48. The van der Waals surface area contributed by atoms with Crippen LogP contribution in [0.15, 0.2) is 47.4 Å². The Kier molecular flexibility index (Phi) is 8.48. The summed E-state index contributed by atoms with van der Waals surface area (Å²) in [7, 11) is -4.32. The molecule has 0 saturated carbocycles. The van der Waals surface area contributed by atoms with Gasteiger partial charge < -0.3 is 20.1 Å². The topological polar surface area (TPSA) is 126 Å². The summed E-state index contributed by atoms with van der Waals surface area (Å²) in [4.78, 5) is 24.2. The average Bonchev–Trinajstić information content (AvgIpc) is 2.80. The number of amides is 3. The lowest BCUT2D eigenvalue weighted by Gasteiger charge is -2.36. The molecule has 0 bridgehead atoms. The van der Waals surface area contributed by atoms with Gasteiger partial charge in [0.15, 0.2) is 0 Å². The van der Waals surface area contributed by atoms with Gasteiger partial charge in [-0.3, -0.25) is 9.62 Å². The van der Waals surface area contributed by atoms with Gasteiger partial charge in [0.05, 0.1) is 23.7 Å². The van der Waals surface area contributed by atoms with E-state index in [0.29, 0.717) is 13.8 Å². The monoisotopic (exact) mass is 590 g/mol. The lowest BCUT2D eigenvalue weighted by molar-refractivity contribution is -0.242. The predicted octanol–water partition coefficient (Wildman–Crippen LogP) is 4.77. The maximum atomic E-state index is 13.6. The minimum absolute atomic E-state index is 0.0485. The fourth-order valence-corrected chi connectivity index (χ4v) is 4.98. The number of carbonyl (C=O) groups excluding carboxylic acids is 2. The van der Waals surface area contributed by atoms with E-state index < -0.39 is 51.4 Å². The van der Waals surface area contributed by atoms with Crippen molar-refractivity contribution in [1.82, 2.24) is 10.6 Å². The van der Waals surface area contributed by atoms with Crippen LogP contribution >= 0.6 is 0 Å². The third-order valence-corrected chi connectivity index (χ3v) is 7.34. The largest absolute Gasteiger partial charge is 0.484 e. The Labute approximate surface area is 229 Å². The van der Waals surface area contributed by atoms with E-state index in [4.69, 9.17) is 4.74 Å². The number of carbonyl (C=O) groups is 2. The van der Waals surface area contributed by atoms with Gasteiger partial charge in [-0.15, -0.1) is 0 Å². The van der Waals surface area contributed by atoms with Crippen molar-refractivity contribution < 1.29 is 45.0 Å². The van der Waals surface area contributed by atoms with E-state index in [1.807, 2.05) is 0 Å². The molecule has 2 aromatic rings. The van der Waals surface area contributed by atoms with Crippen molar-refractivity contribution >= 4 is 33.5 Å². The molecule has 1 aliphatic heterocycles. The first-order chi connectivity index (χ1) is 18.3. The Balaban J connectivity index is 1.91. The van der Waals surface area contributed by atoms with E-state index in [2.05, 4.69) is 20.7 Å². The van der Waals surface area contributed by atoms with Gasteiger partial charge in [-0.05, 0) is 77.1 Å². The van der Waals surface area contributed by atoms with Crippen LogP contribution in [0, 0.1) is 5.82 Å². The fourth-order valence-electron chi connectivity index (χ4n) is 3.48. The van der Waals surface area contributed by atoms with Crippen LogP contribution in [0.2, 0.25) is 0 Å². The van der Waals surface area contributed by atoms with Crippen LogP contribution in [-0.2, 0) is 14.8 Å². The molecule has 0 aliphatic carbocycles. The van der Waals surface area contributed by atoms with E-state index >= 15 is 0 Å². The number of sulfonamides is 1. The van der Waals surface area contributed by atoms with E-state index in [9.17, 15) is 35.6 Å². The molecule has 15 heteroatoms. The van der Waals surface area contributed by atoms with Crippen molar-refractivity contribution in [2.45, 2.75) is 62.9 Å². The molecule has 0 aromatic heterocycles. The molecule has 0 spiro atoms. The van der Waals surface area contributed by atoms with Crippen molar-refractivity contribution in [3.8, 4) is 5.75 Å². The molecule has 0 saturated heterocycles. The zero-order valence-corrected chi connectivity index (χ0v) is 23.2. The van der Waals surface area contributed by atoms with Gasteiger partial charge in [0.2, 0.25) is 5.60 Å². The van der Waals surface area contributed by atoms with Crippen LogP contribution < -0.4 is 25.0 Å². The van der Waals surface area contributed by atoms with Gasteiger partial charge >= 0.3 is 18.3 Å². The Morgan fingerprint density at radius 1 is 1.05 bits per heavy atom. The third kappa shape index (κ3) is 7.46. The SMILES string of the molecule is CC(C)(C)NC(=O)NCC1CN(S(=O)(=O)c2ccc(F)cc2)c2cc(NC(=O)OC(C)(C)C(F)(F)F)ccc2O1. The molecular weight excluding hydrogens is 560 g/mol. The zero-order valence-electron chi connectivity index (χ0n) is 22.3. The molecule has 1 aliphatic rings. The number of nitrogens with one attached hydrogen (secondary N) is 3. The highest BCUT2D eigenvalue weighted by atomic mass is 32.2. The molecule has 1 unspecified atom stereocenters. The van der Waals surface area contributed by atoms with Gasteiger partial charge in [0.1, 0.15) is 17.7 Å². The molecule has 40 heavy (non-hydrogen) atoms. The summed E-state index contributed by atoms with van der Waals surface area (Å²) in [6.07, 6.45) is -7.11. The summed E-state index contributed by atoms with van der Waals surface area (Å²) in [5.41, 5.74) is -3.44. The number of benzene rings is 2. The average molecular weight is 591 g/mol. The summed E-state index contributed by atoms with van der Waals surface area (Å²) >= 11 is 0. The summed E-state index contributed by atoms with van der Waals surface area (Å²) in [5.74, 6) is -0.602. The highest BCUT2D eigenvalue weighted by Gasteiger charge is 2.51. The number of ether oxygens (including phenoxy) is 2. The number of fused-ring (bicyclic) bond motifs is 1.